The summed E-state index contributed by atoms with van der Waals surface area (Å²) >= 11 is 5.93. The van der Waals surface area contributed by atoms with Crippen LogP contribution in [0.25, 0.3) is 0 Å². The summed E-state index contributed by atoms with van der Waals surface area (Å²) in [6, 6.07) is 9.66. The molecule has 2 aromatic rings. The number of hydrogen-bond donors (Lipinski definition) is 2. The number of fused-ring (bicyclic) bond motifs is 1. The van der Waals surface area contributed by atoms with E-state index in [-0.39, 0.29) is 24.1 Å². The SMILES string of the molecule is O=C(NCc1ccc(Cl)cc1)c1cc(O[C@H]2CCN3C(=O)OC[C@@H]3C2)c(CNC2CC2)cn1. The number of carbonyl (C=O) groups is 2. The Kier molecular flexibility index (Phi) is 6.37. The Morgan fingerprint density at radius 3 is 2.82 bits per heavy atom. The van der Waals surface area contributed by atoms with Crippen molar-refractivity contribution in [3.05, 3.63) is 58.4 Å². The number of pyridine rings is 1. The van der Waals surface area contributed by atoms with Crippen molar-refractivity contribution < 1.29 is 19.1 Å². The average molecular weight is 471 g/mol. The number of aromatic nitrogens is 1. The van der Waals surface area contributed by atoms with Gasteiger partial charge in [0.05, 0.1) is 6.04 Å². The standard InChI is InChI=1S/C24H27ClN4O4/c25-17-3-1-15(2-4-17)11-28-23(30)21-10-22(16(13-27-21)12-26-18-5-6-18)33-20-7-8-29-19(9-20)14-32-24(29)31/h1-4,10,13,18-20,26H,5-9,11-12,14H2,(H,28,30)/t19-,20-/m0/s1. The smallest absolute Gasteiger partial charge is 0.410 e. The summed E-state index contributed by atoms with van der Waals surface area (Å²) in [5.41, 5.74) is 2.19. The number of rotatable bonds is 8. The number of benzene rings is 1. The Morgan fingerprint density at radius 1 is 1.21 bits per heavy atom. The first-order chi connectivity index (χ1) is 16.0. The molecule has 3 aliphatic rings. The topological polar surface area (TPSA) is 92.8 Å². The molecule has 0 spiro atoms. The minimum Gasteiger partial charge on any atom is -0.490 e. The summed E-state index contributed by atoms with van der Waals surface area (Å²) in [4.78, 5) is 30.7. The van der Waals surface area contributed by atoms with E-state index in [0.717, 1.165) is 17.5 Å². The largest absolute Gasteiger partial charge is 0.490 e. The molecule has 174 valence electrons. The number of hydrogen-bond acceptors (Lipinski definition) is 6. The third-order valence-electron chi connectivity index (χ3n) is 6.30. The molecule has 5 rings (SSSR count). The molecule has 1 aromatic heterocycles. The summed E-state index contributed by atoms with van der Waals surface area (Å²) in [6.45, 7) is 2.05. The molecular weight excluding hydrogens is 444 g/mol. The summed E-state index contributed by atoms with van der Waals surface area (Å²) in [5.74, 6) is 0.402. The number of nitrogens with one attached hydrogen (secondary N) is 2. The summed E-state index contributed by atoms with van der Waals surface area (Å²) in [6.07, 6.45) is 5.23. The maximum atomic E-state index is 12.8. The molecule has 2 N–H and O–H groups in total. The Balaban J connectivity index is 1.27. The fourth-order valence-electron chi connectivity index (χ4n) is 4.20. The van der Waals surface area contributed by atoms with Gasteiger partial charge in [-0.15, -0.1) is 0 Å². The van der Waals surface area contributed by atoms with Crippen LogP contribution in [0.2, 0.25) is 5.02 Å². The van der Waals surface area contributed by atoms with E-state index in [9.17, 15) is 9.59 Å². The third-order valence-corrected chi connectivity index (χ3v) is 6.55. The van der Waals surface area contributed by atoms with Crippen LogP contribution in [-0.2, 0) is 17.8 Å². The van der Waals surface area contributed by atoms with Crippen LogP contribution < -0.4 is 15.4 Å². The highest BCUT2D eigenvalue weighted by Gasteiger charge is 2.39. The van der Waals surface area contributed by atoms with E-state index >= 15 is 0 Å². The van der Waals surface area contributed by atoms with Crippen LogP contribution in [0.1, 0.15) is 47.3 Å². The van der Waals surface area contributed by atoms with E-state index < -0.39 is 0 Å². The summed E-state index contributed by atoms with van der Waals surface area (Å²) < 4.78 is 11.5. The second-order valence-electron chi connectivity index (χ2n) is 8.83. The van der Waals surface area contributed by atoms with Crippen LogP contribution in [0.4, 0.5) is 4.79 Å². The molecule has 33 heavy (non-hydrogen) atoms. The highest BCUT2D eigenvalue weighted by Crippen LogP contribution is 2.29. The van der Waals surface area contributed by atoms with Crippen molar-refractivity contribution in [3.63, 3.8) is 0 Å². The van der Waals surface area contributed by atoms with Gasteiger partial charge in [-0.2, -0.15) is 0 Å². The maximum Gasteiger partial charge on any atom is 0.410 e. The molecule has 1 aliphatic carbocycles. The number of carbonyl (C=O) groups excluding carboxylic acids is 2. The molecule has 2 amide bonds. The number of halogens is 1. The summed E-state index contributed by atoms with van der Waals surface area (Å²) in [7, 11) is 0. The first kappa shape index (κ1) is 22.0. The van der Waals surface area contributed by atoms with Crippen LogP contribution in [0.3, 0.4) is 0 Å². The van der Waals surface area contributed by atoms with Crippen LogP contribution in [0.5, 0.6) is 5.75 Å². The molecule has 0 radical (unpaired) electrons. The van der Waals surface area contributed by atoms with Crippen LogP contribution in [0, 0.1) is 0 Å². The monoisotopic (exact) mass is 470 g/mol. The van der Waals surface area contributed by atoms with Crippen molar-refractivity contribution in [2.75, 3.05) is 13.2 Å². The molecule has 3 fully saturated rings. The molecule has 3 heterocycles. The van der Waals surface area contributed by atoms with Gasteiger partial charge in [-0.05, 0) is 30.5 Å². The lowest BCUT2D eigenvalue weighted by molar-refractivity contribution is 0.0906. The summed E-state index contributed by atoms with van der Waals surface area (Å²) in [5, 5.41) is 7.05. The molecule has 1 saturated carbocycles. The zero-order valence-corrected chi connectivity index (χ0v) is 19.0. The van der Waals surface area contributed by atoms with Crippen molar-refractivity contribution in [2.24, 2.45) is 0 Å². The Morgan fingerprint density at radius 2 is 2.03 bits per heavy atom. The second-order valence-corrected chi connectivity index (χ2v) is 9.27. The van der Waals surface area contributed by atoms with Gasteiger partial charge in [0.25, 0.3) is 5.91 Å². The molecule has 9 heteroatoms. The Hall–Kier alpha value is -2.84. The second kappa shape index (κ2) is 9.57. The Labute approximate surface area is 197 Å². The van der Waals surface area contributed by atoms with Gasteiger partial charge >= 0.3 is 6.09 Å². The highest BCUT2D eigenvalue weighted by molar-refractivity contribution is 6.30. The molecule has 8 nitrogen and oxygen atoms in total. The van der Waals surface area contributed by atoms with E-state index in [1.165, 1.54) is 12.8 Å². The van der Waals surface area contributed by atoms with Crippen molar-refractivity contribution in [1.82, 2.24) is 20.5 Å². The number of nitrogens with zero attached hydrogens (tertiary/aromatic N) is 2. The normalized spacial score (nSPS) is 22.0. The zero-order valence-electron chi connectivity index (χ0n) is 18.3. The van der Waals surface area contributed by atoms with Crippen molar-refractivity contribution in [1.29, 1.82) is 0 Å². The molecule has 2 saturated heterocycles. The van der Waals surface area contributed by atoms with Gasteiger partial charge in [0.15, 0.2) is 0 Å². The maximum absolute atomic E-state index is 12.8. The number of cyclic esters (lactones) is 1. The quantitative estimate of drug-likeness (QED) is 0.615. The van der Waals surface area contributed by atoms with Crippen molar-refractivity contribution in [2.45, 2.75) is 57.0 Å². The van der Waals surface area contributed by atoms with Crippen molar-refractivity contribution >= 4 is 23.6 Å². The third kappa shape index (κ3) is 5.39. The molecule has 1 aromatic carbocycles. The van der Waals surface area contributed by atoms with Gasteiger partial charge in [-0.3, -0.25) is 9.78 Å². The predicted octanol–water partition coefficient (Wildman–Crippen LogP) is 3.28. The molecular formula is C24H27ClN4O4. The lowest BCUT2D eigenvalue weighted by atomic mass is 10.0. The first-order valence-electron chi connectivity index (χ1n) is 11.4. The predicted molar refractivity (Wildman–Crippen MR) is 122 cm³/mol. The number of piperidine rings is 1. The molecule has 2 aliphatic heterocycles. The molecule has 0 unspecified atom stereocenters. The lowest BCUT2D eigenvalue weighted by Gasteiger charge is -2.33. The minimum absolute atomic E-state index is 0.0483. The number of amides is 2. The van der Waals surface area contributed by atoms with E-state index in [0.29, 0.717) is 55.2 Å². The highest BCUT2D eigenvalue weighted by atomic mass is 35.5. The fraction of sp³-hybridized carbons (Fsp3) is 0.458. The van der Waals surface area contributed by atoms with Crippen molar-refractivity contribution in [3.8, 4) is 5.75 Å². The van der Waals surface area contributed by atoms with Gasteiger partial charge < -0.3 is 25.0 Å². The zero-order chi connectivity index (χ0) is 22.8. The van der Waals surface area contributed by atoms with Gasteiger partial charge in [0, 0.05) is 61.4 Å². The minimum atomic E-state index is -0.263. The van der Waals surface area contributed by atoms with Gasteiger partial charge in [0.2, 0.25) is 0 Å². The van der Waals surface area contributed by atoms with Gasteiger partial charge in [0.1, 0.15) is 24.2 Å². The van der Waals surface area contributed by atoms with E-state index in [1.807, 2.05) is 12.1 Å². The van der Waals surface area contributed by atoms with E-state index in [1.54, 1.807) is 29.3 Å². The van der Waals surface area contributed by atoms with E-state index in [4.69, 9.17) is 21.1 Å². The van der Waals surface area contributed by atoms with Crippen LogP contribution in [0.15, 0.2) is 36.5 Å². The van der Waals surface area contributed by atoms with Gasteiger partial charge in [-0.25, -0.2) is 4.79 Å². The first-order valence-corrected chi connectivity index (χ1v) is 11.8. The average Bonchev–Trinajstić information content (AvgIpc) is 3.59. The number of ether oxygens (including phenoxy) is 2. The Bertz CT molecular complexity index is 1030. The lowest BCUT2D eigenvalue weighted by Crippen LogP contribution is -2.44. The molecule has 0 bridgehead atoms. The van der Waals surface area contributed by atoms with Gasteiger partial charge in [-0.1, -0.05) is 23.7 Å². The van der Waals surface area contributed by atoms with Crippen LogP contribution >= 0.6 is 11.6 Å². The van der Waals surface area contributed by atoms with Crippen LogP contribution in [-0.4, -0.2) is 53.2 Å². The molecule has 2 atom stereocenters. The van der Waals surface area contributed by atoms with E-state index in [2.05, 4.69) is 15.6 Å². The fourth-order valence-corrected chi connectivity index (χ4v) is 4.32.